The molecule has 0 bridgehead atoms. The minimum atomic E-state index is -5.56. The Bertz CT molecular complexity index is 170. The van der Waals surface area contributed by atoms with Crippen molar-refractivity contribution in [2.75, 3.05) is 0 Å². The second kappa shape index (κ2) is 16.1. The minimum Gasteiger partial charge on any atom is -0.788 e. The summed E-state index contributed by atoms with van der Waals surface area (Å²) < 4.78 is 24.1. The second-order valence-electron chi connectivity index (χ2n) is 1.04. The van der Waals surface area contributed by atoms with Gasteiger partial charge in [-0.1, -0.05) is 0 Å². The van der Waals surface area contributed by atoms with Crippen LogP contribution in [0.5, 0.6) is 0 Å². The molecule has 0 amide bonds. The first kappa shape index (κ1) is 32.6. The van der Waals surface area contributed by atoms with Gasteiger partial charge in [0.25, 0.3) is 0 Å². The Morgan fingerprint density at radius 1 is 0.643 bits per heavy atom. The van der Waals surface area contributed by atoms with Crippen LogP contribution >= 0.6 is 15.6 Å². The quantitative estimate of drug-likeness (QED) is 0.212. The molecule has 0 spiro atoms. The molecule has 0 rings (SSSR count). The molecule has 0 unspecified atom stereocenters. The van der Waals surface area contributed by atoms with Crippen LogP contribution in [0.3, 0.4) is 0 Å². The Hall–Kier alpha value is 6.77. The molecule has 0 radical (unpaired) electrons. The van der Waals surface area contributed by atoms with Crippen molar-refractivity contribution in [3.05, 3.63) is 0 Å². The van der Waals surface area contributed by atoms with E-state index in [-0.39, 0.29) is 206 Å². The number of phosphoric acid groups is 2. The number of rotatable bonds is 3. The van der Waals surface area contributed by atoms with Crippen molar-refractivity contribution < 1.29 is 244 Å². The van der Waals surface area contributed by atoms with Gasteiger partial charge in [-0.2, -0.15) is 0 Å². The predicted molar refractivity (Wildman–Crippen MR) is 17.4 cm³/mol. The van der Waals surface area contributed by atoms with Crippen molar-refractivity contribution in [3.8, 4) is 0 Å². The molecule has 0 aromatic rings. The molecule has 0 saturated carbocycles. The van der Waals surface area contributed by atoms with E-state index in [0.29, 0.717) is 0 Å². The molecule has 0 N–H and O–H groups in total. The normalized spacial score (nSPS) is 9.71. The van der Waals surface area contributed by atoms with Crippen molar-refractivity contribution in [2.24, 2.45) is 0 Å². The van der Waals surface area contributed by atoms with Gasteiger partial charge in [0.2, 0.25) is 0 Å². The van der Waals surface area contributed by atoms with Gasteiger partial charge in [-0.3, -0.25) is 0 Å². The van der Waals surface area contributed by atoms with Crippen LogP contribution in [0.1, 0.15) is 0 Å². The third-order valence-corrected chi connectivity index (χ3v) is 0.848. The summed E-state index contributed by atoms with van der Waals surface area (Å²) in [5.74, 6) is 0. The fourth-order valence-electron chi connectivity index (χ4n) is 0.0816. The molecule has 14 heteroatoms. The molecule has 0 heterocycles. The first-order valence-electron chi connectivity index (χ1n) is 1.63. The molecular formula is K4O8P2. The average molecular weight is 346 g/mol. The number of hydrogen-bond acceptors (Lipinski definition) is 8. The molecule has 62 valence electrons. The maximum Gasteiger partial charge on any atom is 1.00 e. The second-order valence-corrected chi connectivity index (χ2v) is 3.13. The molecule has 0 saturated heterocycles. The van der Waals surface area contributed by atoms with Crippen LogP contribution < -0.4 is 225 Å². The standard InChI is InChI=1S/4K.H4O8P2/c;;;;1-9(2,3)7-8-10(4,5)6/h;;;;(H2,1,2,3)(H2,4,5,6)/q4*+1;/p-4. The molecule has 0 aliphatic carbocycles. The maximum absolute atomic E-state index is 9.40. The van der Waals surface area contributed by atoms with E-state index < -0.39 is 15.6 Å². The van der Waals surface area contributed by atoms with Crippen molar-refractivity contribution in [3.63, 3.8) is 0 Å². The van der Waals surface area contributed by atoms with Gasteiger partial charge in [0.1, 0.15) is 15.6 Å². The first-order valence-corrected chi connectivity index (χ1v) is 4.55. The average Bonchev–Trinajstić information content (AvgIpc) is 1.57. The zero-order valence-corrected chi connectivity index (χ0v) is 22.4. The Morgan fingerprint density at radius 2 is 0.786 bits per heavy atom. The summed E-state index contributed by atoms with van der Waals surface area (Å²) in [7, 11) is -11.1. The van der Waals surface area contributed by atoms with E-state index in [9.17, 15) is 28.7 Å². The summed E-state index contributed by atoms with van der Waals surface area (Å²) in [5, 5.41) is 0. The van der Waals surface area contributed by atoms with Crippen LogP contribution in [-0.4, -0.2) is 0 Å². The van der Waals surface area contributed by atoms with Gasteiger partial charge in [0.05, 0.1) is 0 Å². The third-order valence-electron chi connectivity index (χ3n) is 0.216. The van der Waals surface area contributed by atoms with Crippen molar-refractivity contribution in [1.82, 2.24) is 0 Å². The zero-order valence-electron chi connectivity index (χ0n) is 8.16. The van der Waals surface area contributed by atoms with Gasteiger partial charge >= 0.3 is 206 Å². The van der Waals surface area contributed by atoms with E-state index in [4.69, 9.17) is 0 Å². The molecule has 0 aromatic heterocycles. The SMILES string of the molecule is O=P([O-])([O-])OOP(=O)([O-])[O-].[K+].[K+].[K+].[K+]. The fraction of sp³-hybridized carbons (Fsp3) is 0. The van der Waals surface area contributed by atoms with E-state index in [1.54, 1.807) is 0 Å². The number of hydrogen-bond donors (Lipinski definition) is 0. The van der Waals surface area contributed by atoms with Gasteiger partial charge in [-0.25, -0.2) is 9.35 Å². The Morgan fingerprint density at radius 3 is 0.857 bits per heavy atom. The molecule has 8 nitrogen and oxygen atoms in total. The molecule has 0 aromatic carbocycles. The Kier molecular flexibility index (Phi) is 37.6. The summed E-state index contributed by atoms with van der Waals surface area (Å²) >= 11 is 0. The summed E-state index contributed by atoms with van der Waals surface area (Å²) in [6.45, 7) is 0. The molecule has 0 aliphatic rings. The fourth-order valence-corrected chi connectivity index (χ4v) is 0.735. The molecule has 14 heavy (non-hydrogen) atoms. The van der Waals surface area contributed by atoms with Crippen LogP contribution in [0.2, 0.25) is 0 Å². The van der Waals surface area contributed by atoms with Crippen molar-refractivity contribution in [1.29, 1.82) is 0 Å². The van der Waals surface area contributed by atoms with E-state index in [0.717, 1.165) is 0 Å². The van der Waals surface area contributed by atoms with Gasteiger partial charge in [0.15, 0.2) is 0 Å². The van der Waals surface area contributed by atoms with Gasteiger partial charge < -0.3 is 28.7 Å². The summed E-state index contributed by atoms with van der Waals surface area (Å²) in [6.07, 6.45) is 0. The van der Waals surface area contributed by atoms with Crippen LogP contribution in [0.4, 0.5) is 0 Å². The summed E-state index contributed by atoms with van der Waals surface area (Å²) in [4.78, 5) is 37.6. The molecular weight excluding hydrogens is 346 g/mol. The van der Waals surface area contributed by atoms with Crippen LogP contribution in [0.15, 0.2) is 0 Å². The molecule has 0 fully saturated rings. The molecule has 0 aliphatic heterocycles. The van der Waals surface area contributed by atoms with Crippen LogP contribution in [0, 0.1) is 0 Å². The van der Waals surface area contributed by atoms with Crippen molar-refractivity contribution >= 4 is 15.6 Å². The van der Waals surface area contributed by atoms with Crippen molar-refractivity contribution in [2.45, 2.75) is 0 Å². The summed E-state index contributed by atoms with van der Waals surface area (Å²) in [6, 6.07) is 0. The molecule has 0 atom stereocenters. The topological polar surface area (TPSA) is 145 Å². The van der Waals surface area contributed by atoms with Crippen LogP contribution in [-0.2, 0) is 18.5 Å². The van der Waals surface area contributed by atoms with E-state index >= 15 is 0 Å². The summed E-state index contributed by atoms with van der Waals surface area (Å²) in [5.41, 5.74) is 0. The smallest absolute Gasteiger partial charge is 0.788 e. The maximum atomic E-state index is 9.40. The van der Waals surface area contributed by atoms with E-state index in [2.05, 4.69) is 9.35 Å². The van der Waals surface area contributed by atoms with E-state index in [1.807, 2.05) is 0 Å². The Labute approximate surface area is 250 Å². The first-order chi connectivity index (χ1) is 4.21. The van der Waals surface area contributed by atoms with Gasteiger partial charge in [0, 0.05) is 0 Å². The Balaban J connectivity index is -0.0000000675. The predicted octanol–water partition coefficient (Wildman–Crippen LogP) is -15.4. The van der Waals surface area contributed by atoms with Gasteiger partial charge in [-0.05, 0) is 0 Å². The van der Waals surface area contributed by atoms with Gasteiger partial charge in [-0.15, -0.1) is 0 Å². The van der Waals surface area contributed by atoms with Crippen LogP contribution in [0.25, 0.3) is 0 Å². The minimum absolute atomic E-state index is 0. The van der Waals surface area contributed by atoms with E-state index in [1.165, 1.54) is 0 Å². The monoisotopic (exact) mass is 346 g/mol. The zero-order chi connectivity index (χ0) is 8.41. The third kappa shape index (κ3) is 31.3. The largest absolute Gasteiger partial charge is 1.00 e.